The van der Waals surface area contributed by atoms with E-state index in [9.17, 15) is 9.59 Å². The number of piperidine rings is 2. The van der Waals surface area contributed by atoms with Gasteiger partial charge in [0.15, 0.2) is 0 Å². The fourth-order valence-corrected chi connectivity index (χ4v) is 5.30. The maximum atomic E-state index is 13.4. The minimum atomic E-state index is -0.713. The Morgan fingerprint density at radius 2 is 1.56 bits per heavy atom. The molecule has 1 aromatic carbocycles. The molecule has 3 fully saturated rings. The third kappa shape index (κ3) is 4.27. The molecule has 0 unspecified atom stereocenters. The molecule has 0 saturated carbocycles. The summed E-state index contributed by atoms with van der Waals surface area (Å²) in [4.78, 5) is 37.0. The Kier molecular flexibility index (Phi) is 5.93. The number of hydrogen-bond acceptors (Lipinski definition) is 5. The number of benzene rings is 1. The average molecular weight is 434 g/mol. The first-order valence-corrected chi connectivity index (χ1v) is 11.7. The van der Waals surface area contributed by atoms with Gasteiger partial charge in [-0.05, 0) is 43.4 Å². The van der Waals surface area contributed by atoms with Crippen molar-refractivity contribution in [3.8, 4) is 0 Å². The van der Waals surface area contributed by atoms with Crippen LogP contribution in [-0.2, 0) is 17.9 Å². The van der Waals surface area contributed by atoms with Gasteiger partial charge in [-0.3, -0.25) is 24.5 Å². The number of nitrogens with zero attached hydrogens (tertiary/aromatic N) is 4. The van der Waals surface area contributed by atoms with Gasteiger partial charge in [-0.1, -0.05) is 36.4 Å². The number of imide groups is 1. The first-order valence-electron chi connectivity index (χ1n) is 11.7. The Balaban J connectivity index is 1.16. The van der Waals surface area contributed by atoms with Crippen LogP contribution in [0.15, 0.2) is 54.7 Å². The van der Waals surface area contributed by atoms with Gasteiger partial charge in [0.1, 0.15) is 5.54 Å². The van der Waals surface area contributed by atoms with Gasteiger partial charge in [0.2, 0.25) is 0 Å². The zero-order valence-electron chi connectivity index (χ0n) is 18.4. The fourth-order valence-electron chi connectivity index (χ4n) is 5.30. The number of carbonyl (C=O) groups excluding carboxylic acids is 2. The molecule has 0 aliphatic carbocycles. The van der Waals surface area contributed by atoms with Gasteiger partial charge in [0.25, 0.3) is 5.91 Å². The highest BCUT2D eigenvalue weighted by molar-refractivity contribution is 6.07. The molecule has 1 spiro atoms. The number of carbonyl (C=O) groups is 2. The maximum absolute atomic E-state index is 13.4. The molecule has 1 aromatic heterocycles. The molecule has 5 rings (SSSR count). The van der Waals surface area contributed by atoms with Crippen LogP contribution in [0.5, 0.6) is 0 Å². The first-order chi connectivity index (χ1) is 15.6. The Morgan fingerprint density at radius 1 is 0.875 bits per heavy atom. The van der Waals surface area contributed by atoms with E-state index >= 15 is 0 Å². The number of hydrogen-bond donors (Lipinski definition) is 1. The Labute approximate surface area is 189 Å². The van der Waals surface area contributed by atoms with Crippen LogP contribution in [0.4, 0.5) is 4.79 Å². The van der Waals surface area contributed by atoms with Crippen molar-refractivity contribution in [2.45, 2.75) is 50.4 Å². The number of rotatable bonds is 5. The van der Waals surface area contributed by atoms with Gasteiger partial charge in [-0.2, -0.15) is 0 Å². The number of pyridine rings is 1. The SMILES string of the molecule is O=C1NC2(CCN(Cc3ccccc3)CC2)C(=O)N1C1CCN(Cc2ccccn2)CC1. The van der Waals surface area contributed by atoms with Crippen LogP contribution in [0.3, 0.4) is 0 Å². The summed E-state index contributed by atoms with van der Waals surface area (Å²) in [6, 6.07) is 16.2. The topological polar surface area (TPSA) is 68.8 Å². The smallest absolute Gasteiger partial charge is 0.323 e. The molecule has 0 radical (unpaired) electrons. The summed E-state index contributed by atoms with van der Waals surface area (Å²) in [6.45, 7) is 5.08. The number of nitrogens with one attached hydrogen (secondary N) is 1. The molecule has 0 atom stereocenters. The van der Waals surface area contributed by atoms with Crippen LogP contribution in [0.1, 0.15) is 36.9 Å². The Bertz CT molecular complexity index is 935. The number of likely N-dealkylation sites (tertiary alicyclic amines) is 2. The van der Waals surface area contributed by atoms with Crippen LogP contribution in [0.25, 0.3) is 0 Å². The highest BCUT2D eigenvalue weighted by Crippen LogP contribution is 2.33. The summed E-state index contributed by atoms with van der Waals surface area (Å²) in [5, 5.41) is 3.09. The van der Waals surface area contributed by atoms with Crippen molar-refractivity contribution in [1.29, 1.82) is 0 Å². The monoisotopic (exact) mass is 433 g/mol. The van der Waals surface area contributed by atoms with Crippen LogP contribution in [-0.4, -0.2) is 69.4 Å². The third-order valence-electron chi connectivity index (χ3n) is 7.19. The van der Waals surface area contributed by atoms with Crippen molar-refractivity contribution in [3.05, 3.63) is 66.0 Å². The van der Waals surface area contributed by atoms with Gasteiger partial charge in [-0.25, -0.2) is 4.79 Å². The second kappa shape index (κ2) is 9.00. The molecule has 3 aliphatic rings. The summed E-state index contributed by atoms with van der Waals surface area (Å²) in [5.41, 5.74) is 1.63. The lowest BCUT2D eigenvalue weighted by Gasteiger charge is -2.38. The molecule has 3 aliphatic heterocycles. The van der Waals surface area contributed by atoms with E-state index in [0.29, 0.717) is 12.8 Å². The van der Waals surface area contributed by atoms with Crippen molar-refractivity contribution < 1.29 is 9.59 Å². The van der Waals surface area contributed by atoms with Gasteiger partial charge < -0.3 is 5.32 Å². The van der Waals surface area contributed by atoms with Gasteiger partial charge in [0.05, 0.1) is 5.69 Å². The van der Waals surface area contributed by atoms with Crippen molar-refractivity contribution in [2.75, 3.05) is 26.2 Å². The van der Waals surface area contributed by atoms with E-state index < -0.39 is 5.54 Å². The van der Waals surface area contributed by atoms with Crippen LogP contribution in [0.2, 0.25) is 0 Å². The summed E-state index contributed by atoms with van der Waals surface area (Å²) >= 11 is 0. The summed E-state index contributed by atoms with van der Waals surface area (Å²) in [7, 11) is 0. The zero-order valence-corrected chi connectivity index (χ0v) is 18.4. The zero-order chi connectivity index (χ0) is 22.0. The van der Waals surface area contributed by atoms with Crippen molar-refractivity contribution in [2.24, 2.45) is 0 Å². The predicted molar refractivity (Wildman–Crippen MR) is 122 cm³/mol. The van der Waals surface area contributed by atoms with E-state index in [0.717, 1.165) is 57.8 Å². The average Bonchev–Trinajstić information content (AvgIpc) is 3.06. The Morgan fingerprint density at radius 3 is 2.25 bits per heavy atom. The quantitative estimate of drug-likeness (QED) is 0.735. The number of urea groups is 1. The van der Waals surface area contributed by atoms with E-state index in [1.54, 1.807) is 4.90 Å². The van der Waals surface area contributed by atoms with Crippen LogP contribution >= 0.6 is 0 Å². The molecule has 3 amide bonds. The van der Waals surface area contributed by atoms with E-state index in [-0.39, 0.29) is 18.0 Å². The molecule has 0 bridgehead atoms. The number of aromatic nitrogens is 1. The molecule has 2 aromatic rings. The molecule has 168 valence electrons. The van der Waals surface area contributed by atoms with E-state index in [4.69, 9.17) is 0 Å². The molecule has 1 N–H and O–H groups in total. The minimum absolute atomic E-state index is 0.00922. The lowest BCUT2D eigenvalue weighted by atomic mass is 9.86. The van der Waals surface area contributed by atoms with Gasteiger partial charge in [-0.15, -0.1) is 0 Å². The predicted octanol–water partition coefficient (Wildman–Crippen LogP) is 2.63. The molecule has 32 heavy (non-hydrogen) atoms. The first kappa shape index (κ1) is 21.1. The van der Waals surface area contributed by atoms with Gasteiger partial charge in [0, 0.05) is 51.5 Å². The van der Waals surface area contributed by atoms with Crippen LogP contribution < -0.4 is 5.32 Å². The highest BCUT2D eigenvalue weighted by atomic mass is 16.2. The second-order valence-electron chi connectivity index (χ2n) is 9.28. The lowest BCUT2D eigenvalue weighted by Crippen LogP contribution is -2.55. The standard InChI is InChI=1S/C25H31N5O2/c31-23-25(11-16-29(17-12-25)18-20-6-2-1-3-7-20)27-24(32)30(23)22-9-14-28(15-10-22)19-21-8-4-5-13-26-21/h1-8,13,22H,9-12,14-19H2,(H,27,32). The fraction of sp³-hybridized carbons (Fsp3) is 0.480. The maximum Gasteiger partial charge on any atom is 0.325 e. The van der Waals surface area contributed by atoms with E-state index in [2.05, 4.69) is 44.4 Å². The van der Waals surface area contributed by atoms with Gasteiger partial charge >= 0.3 is 6.03 Å². The molecule has 7 nitrogen and oxygen atoms in total. The lowest BCUT2D eigenvalue weighted by molar-refractivity contribution is -0.135. The normalized spacial score (nSPS) is 22.4. The second-order valence-corrected chi connectivity index (χ2v) is 9.28. The van der Waals surface area contributed by atoms with E-state index in [1.807, 2.05) is 30.5 Å². The summed E-state index contributed by atoms with van der Waals surface area (Å²) in [5.74, 6) is -0.00922. The largest absolute Gasteiger partial charge is 0.325 e. The van der Waals surface area contributed by atoms with Crippen molar-refractivity contribution in [1.82, 2.24) is 25.0 Å². The Hall–Kier alpha value is -2.77. The molecule has 7 heteroatoms. The van der Waals surface area contributed by atoms with Crippen molar-refractivity contribution in [3.63, 3.8) is 0 Å². The minimum Gasteiger partial charge on any atom is -0.323 e. The molecule has 3 saturated heterocycles. The van der Waals surface area contributed by atoms with Crippen LogP contribution in [0, 0.1) is 0 Å². The number of amides is 3. The molecule has 4 heterocycles. The summed E-state index contributed by atoms with van der Waals surface area (Å²) < 4.78 is 0. The third-order valence-corrected chi connectivity index (χ3v) is 7.19. The highest BCUT2D eigenvalue weighted by Gasteiger charge is 2.54. The van der Waals surface area contributed by atoms with Crippen molar-refractivity contribution >= 4 is 11.9 Å². The van der Waals surface area contributed by atoms with E-state index in [1.165, 1.54) is 5.56 Å². The summed E-state index contributed by atoms with van der Waals surface area (Å²) in [6.07, 6.45) is 4.82. The molecular formula is C25H31N5O2. The molecular weight excluding hydrogens is 402 g/mol.